The molecule has 11 heteroatoms. The number of para-hydroxylation sites is 1. The highest BCUT2D eigenvalue weighted by molar-refractivity contribution is 6.11. The Kier molecular flexibility index (Phi) is 4.65. The summed E-state index contributed by atoms with van der Waals surface area (Å²) in [5.74, 6) is -2.79. The molecule has 0 fully saturated rings. The number of nitrogens with one attached hydrogen (secondary N) is 4. The Hall–Kier alpha value is -3.89. The molecule has 1 aromatic heterocycles. The molecule has 3 aromatic rings. The van der Waals surface area contributed by atoms with Gasteiger partial charge in [0.1, 0.15) is 6.04 Å². The van der Waals surface area contributed by atoms with Crippen molar-refractivity contribution in [2.75, 3.05) is 10.6 Å². The average molecular weight is 417 g/mol. The number of aromatic nitrogens is 2. The second-order valence-corrected chi connectivity index (χ2v) is 6.63. The van der Waals surface area contributed by atoms with Gasteiger partial charge >= 0.3 is 6.18 Å². The van der Waals surface area contributed by atoms with Crippen LogP contribution in [-0.2, 0) is 15.8 Å². The summed E-state index contributed by atoms with van der Waals surface area (Å²) in [5, 5.41) is 7.60. The van der Waals surface area contributed by atoms with Gasteiger partial charge in [-0.3, -0.25) is 14.4 Å². The lowest BCUT2D eigenvalue weighted by atomic mass is 10.1. The third-order valence-corrected chi connectivity index (χ3v) is 4.48. The zero-order valence-corrected chi connectivity index (χ0v) is 15.1. The normalized spacial score (nSPS) is 16.4. The van der Waals surface area contributed by atoms with Crippen molar-refractivity contribution in [3.8, 4) is 0 Å². The molecule has 1 aliphatic heterocycles. The maximum Gasteiger partial charge on any atom is 0.449 e. The Bertz CT molecular complexity index is 1170. The Labute approximate surface area is 166 Å². The number of carbonyl (C=O) groups excluding carboxylic acids is 3. The van der Waals surface area contributed by atoms with Gasteiger partial charge in [0, 0.05) is 5.69 Å². The first-order chi connectivity index (χ1) is 14.2. The van der Waals surface area contributed by atoms with E-state index in [-0.39, 0.29) is 28.7 Å². The molecular formula is C19H14F3N5O3. The van der Waals surface area contributed by atoms with Gasteiger partial charge in [0.15, 0.2) is 0 Å². The summed E-state index contributed by atoms with van der Waals surface area (Å²) >= 11 is 0. The lowest BCUT2D eigenvalue weighted by Crippen LogP contribution is -2.43. The van der Waals surface area contributed by atoms with Crippen LogP contribution in [0.3, 0.4) is 0 Å². The summed E-state index contributed by atoms with van der Waals surface area (Å²) in [7, 11) is 0. The fourth-order valence-corrected chi connectivity index (χ4v) is 3.07. The summed E-state index contributed by atoms with van der Waals surface area (Å²) in [6.07, 6.45) is -4.98. The predicted octanol–water partition coefficient (Wildman–Crippen LogP) is 2.66. The molecule has 2 aromatic carbocycles. The fraction of sp³-hybridized carbons (Fsp3) is 0.158. The maximum atomic E-state index is 12.8. The zero-order chi connectivity index (χ0) is 21.5. The van der Waals surface area contributed by atoms with Crippen molar-refractivity contribution in [1.82, 2.24) is 15.3 Å². The number of alkyl halides is 3. The number of aromatic amines is 1. The molecule has 1 aliphatic rings. The molecule has 0 radical (unpaired) electrons. The smallest absolute Gasteiger partial charge is 0.340 e. The molecule has 0 saturated heterocycles. The van der Waals surface area contributed by atoms with E-state index in [1.54, 1.807) is 24.3 Å². The lowest BCUT2D eigenvalue weighted by molar-refractivity contribution is -0.144. The number of benzene rings is 2. The van der Waals surface area contributed by atoms with Gasteiger partial charge in [0.2, 0.25) is 17.6 Å². The number of hydrogen-bond acceptors (Lipinski definition) is 4. The van der Waals surface area contributed by atoms with Gasteiger partial charge in [0.25, 0.3) is 5.91 Å². The van der Waals surface area contributed by atoms with Crippen LogP contribution >= 0.6 is 0 Å². The molecule has 0 aliphatic carbocycles. The third kappa shape index (κ3) is 3.81. The number of anilines is 2. The quantitative estimate of drug-likeness (QED) is 0.524. The first-order valence-electron chi connectivity index (χ1n) is 8.78. The maximum absolute atomic E-state index is 12.8. The minimum atomic E-state index is -4.62. The van der Waals surface area contributed by atoms with Gasteiger partial charge in [-0.2, -0.15) is 13.2 Å². The summed E-state index contributed by atoms with van der Waals surface area (Å²) in [4.78, 5) is 42.6. The number of hydrogen-bond donors (Lipinski definition) is 4. The summed E-state index contributed by atoms with van der Waals surface area (Å²) < 4.78 is 38.3. The van der Waals surface area contributed by atoms with Crippen LogP contribution in [0.15, 0.2) is 42.5 Å². The van der Waals surface area contributed by atoms with Crippen molar-refractivity contribution >= 4 is 40.1 Å². The Morgan fingerprint density at radius 1 is 1.13 bits per heavy atom. The number of rotatable bonds is 3. The van der Waals surface area contributed by atoms with Gasteiger partial charge in [0.05, 0.1) is 28.7 Å². The molecule has 154 valence electrons. The van der Waals surface area contributed by atoms with E-state index >= 15 is 0 Å². The number of H-pyrrole nitrogens is 1. The molecular weight excluding hydrogens is 403 g/mol. The SMILES string of the molecule is O=C(C[C@H]1NC(=O)c2ccccc2NC1=O)Nc1ccc2nc(C(F)(F)F)[nH]c2c1. The Morgan fingerprint density at radius 3 is 2.67 bits per heavy atom. The number of fused-ring (bicyclic) bond motifs is 2. The summed E-state index contributed by atoms with van der Waals surface area (Å²) in [6.45, 7) is 0. The van der Waals surface area contributed by atoms with Crippen molar-refractivity contribution in [1.29, 1.82) is 0 Å². The molecule has 4 rings (SSSR count). The first-order valence-corrected chi connectivity index (χ1v) is 8.78. The third-order valence-electron chi connectivity index (χ3n) is 4.48. The van der Waals surface area contributed by atoms with Crippen molar-refractivity contribution in [3.63, 3.8) is 0 Å². The average Bonchev–Trinajstić information content (AvgIpc) is 3.07. The summed E-state index contributed by atoms with van der Waals surface area (Å²) in [5.41, 5.74) is 1.02. The van der Waals surface area contributed by atoms with Crippen LogP contribution in [0.1, 0.15) is 22.6 Å². The minimum Gasteiger partial charge on any atom is -0.340 e. The van der Waals surface area contributed by atoms with E-state index < -0.39 is 35.8 Å². The van der Waals surface area contributed by atoms with Gasteiger partial charge < -0.3 is 20.9 Å². The Morgan fingerprint density at radius 2 is 1.90 bits per heavy atom. The summed E-state index contributed by atoms with van der Waals surface area (Å²) in [6, 6.07) is 9.33. The van der Waals surface area contributed by atoms with E-state index in [0.29, 0.717) is 5.69 Å². The van der Waals surface area contributed by atoms with Crippen LogP contribution in [0.25, 0.3) is 11.0 Å². The fourth-order valence-electron chi connectivity index (χ4n) is 3.07. The van der Waals surface area contributed by atoms with Crippen LogP contribution < -0.4 is 16.0 Å². The van der Waals surface area contributed by atoms with E-state index in [2.05, 4.69) is 25.9 Å². The second-order valence-electron chi connectivity index (χ2n) is 6.63. The highest BCUT2D eigenvalue weighted by atomic mass is 19.4. The number of amides is 3. The van der Waals surface area contributed by atoms with E-state index in [0.717, 1.165) is 0 Å². The number of imidazole rings is 1. The molecule has 3 amide bonds. The van der Waals surface area contributed by atoms with Crippen LogP contribution in [0.5, 0.6) is 0 Å². The topological polar surface area (TPSA) is 116 Å². The Balaban J connectivity index is 1.47. The van der Waals surface area contributed by atoms with Crippen LogP contribution in [0, 0.1) is 0 Å². The number of halogens is 3. The van der Waals surface area contributed by atoms with Gasteiger partial charge in [-0.1, -0.05) is 12.1 Å². The molecule has 1 atom stereocenters. The number of carbonyl (C=O) groups is 3. The van der Waals surface area contributed by atoms with E-state index in [9.17, 15) is 27.6 Å². The molecule has 8 nitrogen and oxygen atoms in total. The molecule has 0 unspecified atom stereocenters. The molecule has 0 bridgehead atoms. The molecule has 0 spiro atoms. The monoisotopic (exact) mass is 417 g/mol. The highest BCUT2D eigenvalue weighted by Gasteiger charge is 2.34. The lowest BCUT2D eigenvalue weighted by Gasteiger charge is -2.14. The van der Waals surface area contributed by atoms with Gasteiger partial charge in [-0.25, -0.2) is 4.98 Å². The minimum absolute atomic E-state index is 0.0912. The highest BCUT2D eigenvalue weighted by Crippen LogP contribution is 2.29. The first kappa shape index (κ1) is 19.4. The number of nitrogens with zero attached hydrogens (tertiary/aromatic N) is 1. The second kappa shape index (κ2) is 7.17. The van der Waals surface area contributed by atoms with E-state index in [1.807, 2.05) is 0 Å². The zero-order valence-electron chi connectivity index (χ0n) is 15.1. The largest absolute Gasteiger partial charge is 0.449 e. The van der Waals surface area contributed by atoms with Gasteiger partial charge in [-0.05, 0) is 30.3 Å². The van der Waals surface area contributed by atoms with Gasteiger partial charge in [-0.15, -0.1) is 0 Å². The van der Waals surface area contributed by atoms with Crippen molar-refractivity contribution in [2.24, 2.45) is 0 Å². The van der Waals surface area contributed by atoms with Crippen molar-refractivity contribution < 1.29 is 27.6 Å². The van der Waals surface area contributed by atoms with Crippen molar-refractivity contribution in [3.05, 3.63) is 53.9 Å². The standard InChI is InChI=1S/C19H14F3N5O3/c20-19(21,22)18-26-12-6-5-9(7-13(12)27-18)23-15(28)8-14-17(30)24-11-4-2-1-3-10(11)16(29)25-14/h1-7,14H,8H2,(H,23,28)(H,24,30)(H,25,29)(H,26,27)/t14-/m1/s1. The molecule has 30 heavy (non-hydrogen) atoms. The van der Waals surface area contributed by atoms with Crippen molar-refractivity contribution in [2.45, 2.75) is 18.6 Å². The van der Waals surface area contributed by atoms with Crippen LogP contribution in [0.2, 0.25) is 0 Å². The van der Waals surface area contributed by atoms with Crippen LogP contribution in [-0.4, -0.2) is 33.7 Å². The molecule has 0 saturated carbocycles. The molecule has 4 N–H and O–H groups in total. The van der Waals surface area contributed by atoms with Crippen LogP contribution in [0.4, 0.5) is 24.5 Å². The predicted molar refractivity (Wildman–Crippen MR) is 101 cm³/mol. The molecule has 2 heterocycles. The van der Waals surface area contributed by atoms with E-state index in [4.69, 9.17) is 0 Å². The van der Waals surface area contributed by atoms with E-state index in [1.165, 1.54) is 18.2 Å².